The largest absolute Gasteiger partial charge is 0.330 e. The Morgan fingerprint density at radius 1 is 1.28 bits per heavy atom. The Kier molecular flexibility index (Phi) is 5.62. The second-order valence-electron chi connectivity index (χ2n) is 4.70. The highest BCUT2D eigenvalue weighted by Crippen LogP contribution is 2.19. The van der Waals surface area contributed by atoms with Crippen molar-refractivity contribution in [1.82, 2.24) is 0 Å². The average Bonchev–Trinajstić information content (AvgIpc) is 2.28. The van der Waals surface area contributed by atoms with Gasteiger partial charge in [-0.3, -0.25) is 4.72 Å². The SMILES string of the molecule is CC(C)c1cccc(NS(=O)(=O)CCCCN)c1. The number of anilines is 1. The summed E-state index contributed by atoms with van der Waals surface area (Å²) in [6.07, 6.45) is 1.32. The number of nitrogens with two attached hydrogens (primary N) is 1. The minimum absolute atomic E-state index is 0.121. The van der Waals surface area contributed by atoms with Crippen LogP contribution in [0.5, 0.6) is 0 Å². The molecule has 18 heavy (non-hydrogen) atoms. The van der Waals surface area contributed by atoms with E-state index < -0.39 is 10.0 Å². The van der Waals surface area contributed by atoms with Crippen molar-refractivity contribution in [1.29, 1.82) is 0 Å². The van der Waals surface area contributed by atoms with Gasteiger partial charge in [-0.2, -0.15) is 0 Å². The van der Waals surface area contributed by atoms with E-state index in [2.05, 4.69) is 18.6 Å². The van der Waals surface area contributed by atoms with E-state index in [-0.39, 0.29) is 5.75 Å². The molecule has 4 nitrogen and oxygen atoms in total. The number of hydrogen-bond acceptors (Lipinski definition) is 3. The van der Waals surface area contributed by atoms with E-state index in [1.807, 2.05) is 18.2 Å². The molecule has 1 aromatic rings. The highest BCUT2D eigenvalue weighted by Gasteiger charge is 2.10. The molecule has 1 rings (SSSR count). The maximum absolute atomic E-state index is 11.8. The van der Waals surface area contributed by atoms with Gasteiger partial charge in [-0.1, -0.05) is 26.0 Å². The zero-order chi connectivity index (χ0) is 13.6. The molecule has 3 N–H and O–H groups in total. The van der Waals surface area contributed by atoms with Crippen LogP contribution in [0.1, 0.15) is 38.2 Å². The molecule has 1 aromatic carbocycles. The van der Waals surface area contributed by atoms with E-state index in [1.165, 1.54) is 0 Å². The Labute approximate surface area is 110 Å². The first kappa shape index (κ1) is 15.0. The summed E-state index contributed by atoms with van der Waals surface area (Å²) in [5.41, 5.74) is 7.10. The minimum Gasteiger partial charge on any atom is -0.330 e. The summed E-state index contributed by atoms with van der Waals surface area (Å²) in [6, 6.07) is 7.52. The van der Waals surface area contributed by atoms with Gasteiger partial charge in [-0.15, -0.1) is 0 Å². The van der Waals surface area contributed by atoms with Gasteiger partial charge >= 0.3 is 0 Å². The summed E-state index contributed by atoms with van der Waals surface area (Å²) in [6.45, 7) is 4.68. The van der Waals surface area contributed by atoms with Gasteiger partial charge in [0.25, 0.3) is 0 Å². The molecule has 0 unspecified atom stereocenters. The number of unbranched alkanes of at least 4 members (excludes halogenated alkanes) is 1. The van der Waals surface area contributed by atoms with Crippen molar-refractivity contribution in [3.63, 3.8) is 0 Å². The smallest absolute Gasteiger partial charge is 0.232 e. The second-order valence-corrected chi connectivity index (χ2v) is 6.54. The fourth-order valence-corrected chi connectivity index (χ4v) is 2.80. The van der Waals surface area contributed by atoms with Crippen molar-refractivity contribution in [2.45, 2.75) is 32.6 Å². The van der Waals surface area contributed by atoms with Gasteiger partial charge in [-0.25, -0.2) is 8.42 Å². The van der Waals surface area contributed by atoms with Crippen LogP contribution < -0.4 is 10.5 Å². The molecule has 0 radical (unpaired) electrons. The van der Waals surface area contributed by atoms with Crippen molar-refractivity contribution < 1.29 is 8.42 Å². The van der Waals surface area contributed by atoms with Crippen molar-refractivity contribution in [2.24, 2.45) is 5.73 Å². The molecule has 0 saturated carbocycles. The zero-order valence-corrected chi connectivity index (χ0v) is 11.8. The predicted octanol–water partition coefficient (Wildman–Crippen LogP) is 2.29. The highest BCUT2D eigenvalue weighted by molar-refractivity contribution is 7.92. The van der Waals surface area contributed by atoms with Gasteiger partial charge in [0, 0.05) is 5.69 Å². The summed E-state index contributed by atoms with van der Waals surface area (Å²) in [5.74, 6) is 0.502. The van der Waals surface area contributed by atoms with Crippen LogP contribution in [0.2, 0.25) is 0 Å². The second kappa shape index (κ2) is 6.75. The van der Waals surface area contributed by atoms with Gasteiger partial charge in [0.2, 0.25) is 10.0 Å². The normalized spacial score (nSPS) is 11.8. The van der Waals surface area contributed by atoms with Gasteiger partial charge in [0.05, 0.1) is 5.75 Å². The van der Waals surface area contributed by atoms with E-state index in [0.717, 1.165) is 12.0 Å². The van der Waals surface area contributed by atoms with Gasteiger partial charge in [0.1, 0.15) is 0 Å². The summed E-state index contributed by atoms with van der Waals surface area (Å²) < 4.78 is 26.2. The number of benzene rings is 1. The maximum Gasteiger partial charge on any atom is 0.232 e. The molecular weight excluding hydrogens is 248 g/mol. The third kappa shape index (κ3) is 5.06. The van der Waals surface area contributed by atoms with Crippen LogP contribution in [0.15, 0.2) is 24.3 Å². The predicted molar refractivity (Wildman–Crippen MR) is 76.2 cm³/mol. The maximum atomic E-state index is 11.8. The van der Waals surface area contributed by atoms with Crippen molar-refractivity contribution in [3.8, 4) is 0 Å². The molecular formula is C13H22N2O2S. The number of rotatable bonds is 7. The summed E-state index contributed by atoms with van der Waals surface area (Å²) in [5, 5.41) is 0. The Balaban J connectivity index is 2.69. The molecule has 0 saturated heterocycles. The highest BCUT2D eigenvalue weighted by atomic mass is 32.2. The van der Waals surface area contributed by atoms with Crippen LogP contribution in [-0.2, 0) is 10.0 Å². The fourth-order valence-electron chi connectivity index (χ4n) is 1.63. The third-order valence-corrected chi connectivity index (χ3v) is 4.07. The molecule has 0 aromatic heterocycles. The fraction of sp³-hybridized carbons (Fsp3) is 0.538. The van der Waals surface area contributed by atoms with Crippen LogP contribution in [-0.4, -0.2) is 20.7 Å². The van der Waals surface area contributed by atoms with Crippen molar-refractivity contribution >= 4 is 15.7 Å². The Morgan fingerprint density at radius 2 is 2.00 bits per heavy atom. The summed E-state index contributed by atoms with van der Waals surface area (Å²) in [4.78, 5) is 0. The van der Waals surface area contributed by atoms with Gasteiger partial charge in [0.15, 0.2) is 0 Å². The Hall–Kier alpha value is -1.07. The van der Waals surface area contributed by atoms with Crippen LogP contribution in [0.25, 0.3) is 0 Å². The molecule has 0 fully saturated rings. The summed E-state index contributed by atoms with van der Waals surface area (Å²) >= 11 is 0. The van der Waals surface area contributed by atoms with Gasteiger partial charge < -0.3 is 5.73 Å². The van der Waals surface area contributed by atoms with Crippen LogP contribution in [0.3, 0.4) is 0 Å². The molecule has 102 valence electrons. The van der Waals surface area contributed by atoms with E-state index >= 15 is 0 Å². The van der Waals surface area contributed by atoms with Crippen LogP contribution in [0.4, 0.5) is 5.69 Å². The Bertz CT molecular complexity index is 470. The van der Waals surface area contributed by atoms with Crippen molar-refractivity contribution in [2.75, 3.05) is 17.0 Å². The lowest BCUT2D eigenvalue weighted by Crippen LogP contribution is -2.17. The lowest BCUT2D eigenvalue weighted by Gasteiger charge is -2.10. The molecule has 0 aliphatic heterocycles. The molecule has 0 amide bonds. The monoisotopic (exact) mass is 270 g/mol. The first-order chi connectivity index (χ1) is 8.44. The zero-order valence-electron chi connectivity index (χ0n) is 11.0. The van der Waals surface area contributed by atoms with E-state index in [1.54, 1.807) is 6.07 Å². The van der Waals surface area contributed by atoms with Crippen LogP contribution >= 0.6 is 0 Å². The first-order valence-electron chi connectivity index (χ1n) is 6.25. The van der Waals surface area contributed by atoms with E-state index in [9.17, 15) is 8.42 Å². The molecule has 0 atom stereocenters. The summed E-state index contributed by atoms with van der Waals surface area (Å²) in [7, 11) is -3.25. The Morgan fingerprint density at radius 3 is 2.61 bits per heavy atom. The number of hydrogen-bond donors (Lipinski definition) is 2. The first-order valence-corrected chi connectivity index (χ1v) is 7.90. The molecule has 0 spiro atoms. The van der Waals surface area contributed by atoms with E-state index in [0.29, 0.717) is 24.6 Å². The van der Waals surface area contributed by atoms with Gasteiger partial charge in [-0.05, 0) is 43.0 Å². The molecule has 5 heteroatoms. The topological polar surface area (TPSA) is 72.2 Å². The molecule has 0 aliphatic carbocycles. The minimum atomic E-state index is -3.25. The average molecular weight is 270 g/mol. The van der Waals surface area contributed by atoms with Crippen LogP contribution in [0, 0.1) is 0 Å². The lowest BCUT2D eigenvalue weighted by atomic mass is 10.0. The molecule has 0 aliphatic rings. The number of nitrogens with one attached hydrogen (secondary N) is 1. The molecule has 0 bridgehead atoms. The van der Waals surface area contributed by atoms with E-state index in [4.69, 9.17) is 5.73 Å². The quantitative estimate of drug-likeness (QED) is 0.747. The lowest BCUT2D eigenvalue weighted by molar-refractivity contribution is 0.597. The standard InChI is InChI=1S/C13H22N2O2S/c1-11(2)12-6-5-7-13(10-12)15-18(16,17)9-4-3-8-14/h5-7,10-11,15H,3-4,8-9,14H2,1-2H3. The van der Waals surface area contributed by atoms with Crippen molar-refractivity contribution in [3.05, 3.63) is 29.8 Å². The third-order valence-electron chi connectivity index (χ3n) is 2.69. The molecule has 0 heterocycles. The number of sulfonamides is 1.